The van der Waals surface area contributed by atoms with Crippen molar-refractivity contribution in [3.05, 3.63) is 71.8 Å². The van der Waals surface area contributed by atoms with E-state index in [1.54, 1.807) is 0 Å². The molecule has 0 aromatic heterocycles. The normalized spacial score (nSPS) is 20.4. The Bertz CT molecular complexity index is 627. The first kappa shape index (κ1) is 19.0. The molecule has 25 heavy (non-hydrogen) atoms. The summed E-state index contributed by atoms with van der Waals surface area (Å²) in [4.78, 5) is 0. The summed E-state index contributed by atoms with van der Waals surface area (Å²) in [6.07, 6.45) is 0. The summed E-state index contributed by atoms with van der Waals surface area (Å²) in [5.41, 5.74) is 2.74. The van der Waals surface area contributed by atoms with Crippen LogP contribution in [0.15, 0.2) is 60.7 Å². The van der Waals surface area contributed by atoms with Crippen molar-refractivity contribution in [2.45, 2.75) is 10.5 Å². The Hall–Kier alpha value is -0.780. The quantitative estimate of drug-likeness (QED) is 0.384. The van der Waals surface area contributed by atoms with Crippen LogP contribution < -0.4 is 10.6 Å². The zero-order chi connectivity index (χ0) is 17.5. The lowest BCUT2D eigenvalue weighted by atomic mass is 10.0. The van der Waals surface area contributed by atoms with Crippen LogP contribution in [-0.4, -0.2) is 25.3 Å². The molecule has 0 saturated carbocycles. The van der Waals surface area contributed by atoms with Gasteiger partial charge in [0, 0.05) is 13.6 Å². The van der Waals surface area contributed by atoms with Crippen molar-refractivity contribution in [2.75, 3.05) is 20.2 Å². The molecule has 2 atom stereocenters. The smallest absolute Gasteiger partial charge is 0.166 e. The van der Waals surface area contributed by atoms with Gasteiger partial charge in [-0.2, -0.15) is 0 Å². The summed E-state index contributed by atoms with van der Waals surface area (Å²) in [7, 11) is 1.82. The van der Waals surface area contributed by atoms with E-state index in [-0.39, 0.29) is 0 Å². The van der Waals surface area contributed by atoms with Crippen LogP contribution in [0.25, 0.3) is 0 Å². The van der Waals surface area contributed by atoms with Gasteiger partial charge in [0.2, 0.25) is 0 Å². The molecule has 0 spiro atoms. The number of rotatable bonds is 6. The predicted molar refractivity (Wildman–Crippen MR) is 116 cm³/mol. The summed E-state index contributed by atoms with van der Waals surface area (Å²) in [6.45, 7) is 0.815. The number of hydrogen-bond donors (Lipinski definition) is 2. The van der Waals surface area contributed by atoms with Gasteiger partial charge in [-0.15, -0.1) is 0 Å². The lowest BCUT2D eigenvalue weighted by Gasteiger charge is -2.17. The van der Waals surface area contributed by atoms with E-state index in [1.807, 2.05) is 29.8 Å². The Kier molecular flexibility index (Phi) is 7.44. The fourth-order valence-electron chi connectivity index (χ4n) is 2.51. The van der Waals surface area contributed by atoms with Gasteiger partial charge in [0.05, 0.1) is 17.1 Å². The molecule has 1 saturated heterocycles. The van der Waals surface area contributed by atoms with Crippen LogP contribution >= 0.6 is 41.5 Å². The highest BCUT2D eigenvalue weighted by atomic mass is 33.1. The molecule has 1 heterocycles. The Morgan fingerprint density at radius 3 is 2.00 bits per heavy atom. The van der Waals surface area contributed by atoms with Crippen LogP contribution in [0.5, 0.6) is 0 Å². The molecule has 0 radical (unpaired) electrons. The van der Waals surface area contributed by atoms with Crippen molar-refractivity contribution in [2.24, 2.45) is 0 Å². The summed E-state index contributed by atoms with van der Waals surface area (Å²) in [5.74, 6) is 0. The number of nitrogens with one attached hydrogen (secondary N) is 2. The zero-order valence-corrected chi connectivity index (χ0v) is 17.3. The van der Waals surface area contributed by atoms with Gasteiger partial charge in [-0.3, -0.25) is 0 Å². The molecule has 2 aromatic rings. The highest BCUT2D eigenvalue weighted by molar-refractivity contribution is 8.88. The molecule has 0 bridgehead atoms. The minimum atomic E-state index is -0.576. The van der Waals surface area contributed by atoms with Gasteiger partial charge >= 0.3 is 0 Å². The first-order valence-electron chi connectivity index (χ1n) is 8.10. The van der Waals surface area contributed by atoms with Crippen LogP contribution in [-0.2, 0) is 4.52 Å². The fourth-order valence-corrected chi connectivity index (χ4v) is 11.0. The maximum atomic E-state index is 6.14. The molecule has 3 nitrogen and oxygen atoms in total. The molecule has 0 aliphatic carbocycles. The molecule has 1 aliphatic rings. The maximum Gasteiger partial charge on any atom is 0.166 e. The van der Waals surface area contributed by atoms with Gasteiger partial charge < -0.3 is 15.2 Å². The third kappa shape index (κ3) is 5.35. The summed E-state index contributed by atoms with van der Waals surface area (Å²) >= 11 is 9.01. The van der Waals surface area contributed by atoms with E-state index in [0.29, 0.717) is 22.2 Å². The minimum Gasteiger partial charge on any atom is -0.366 e. The molecule has 0 amide bonds. The third-order valence-corrected chi connectivity index (χ3v) is 11.1. The van der Waals surface area contributed by atoms with E-state index < -0.39 is 6.55 Å². The standard InChI is InChI=1S/C18H21N2OPS3/c1-19-18(23)20-12-13-21-22-24-16(14-8-4-2-5-9-14)17(25-22)15-10-6-3-7-11-15/h2-11,16-17H,12-13H2,1H3,(H2,19,20,23)/t16-,17-/m1/s1. The summed E-state index contributed by atoms with van der Waals surface area (Å²) < 4.78 is 6.14. The molecule has 1 fully saturated rings. The first-order valence-corrected chi connectivity index (χ1v) is 12.7. The van der Waals surface area contributed by atoms with Crippen molar-refractivity contribution in [3.8, 4) is 0 Å². The number of thiocarbonyl (C=S) groups is 1. The second-order valence-electron chi connectivity index (χ2n) is 5.44. The molecule has 1 aliphatic heterocycles. The molecule has 0 unspecified atom stereocenters. The van der Waals surface area contributed by atoms with Gasteiger partial charge in [-0.25, -0.2) is 0 Å². The van der Waals surface area contributed by atoms with Crippen molar-refractivity contribution in [3.63, 3.8) is 0 Å². The highest BCUT2D eigenvalue weighted by Gasteiger charge is 2.38. The molecule has 2 N–H and O–H groups in total. The van der Waals surface area contributed by atoms with Crippen LogP contribution in [0.3, 0.4) is 0 Å². The van der Waals surface area contributed by atoms with Gasteiger partial charge in [0.25, 0.3) is 0 Å². The van der Waals surface area contributed by atoms with Crippen LogP contribution in [0.2, 0.25) is 0 Å². The van der Waals surface area contributed by atoms with E-state index in [0.717, 1.165) is 6.54 Å². The molecular weight excluding hydrogens is 387 g/mol. The van der Waals surface area contributed by atoms with Gasteiger partial charge in [0.15, 0.2) is 11.7 Å². The molecule has 3 rings (SSSR count). The molecule has 2 aromatic carbocycles. The van der Waals surface area contributed by atoms with Crippen molar-refractivity contribution >= 4 is 46.6 Å². The number of benzene rings is 2. The monoisotopic (exact) mass is 408 g/mol. The van der Waals surface area contributed by atoms with E-state index in [9.17, 15) is 0 Å². The Balaban J connectivity index is 1.65. The average molecular weight is 409 g/mol. The van der Waals surface area contributed by atoms with Crippen LogP contribution in [0.4, 0.5) is 0 Å². The Labute approximate surface area is 164 Å². The van der Waals surface area contributed by atoms with Crippen molar-refractivity contribution in [1.29, 1.82) is 0 Å². The molecular formula is C18H21N2OPS3. The minimum absolute atomic E-state index is 0.422. The average Bonchev–Trinajstić information content (AvgIpc) is 3.10. The second-order valence-corrected chi connectivity index (χ2v) is 11.9. The Morgan fingerprint density at radius 1 is 1.00 bits per heavy atom. The van der Waals surface area contributed by atoms with Crippen molar-refractivity contribution < 1.29 is 4.52 Å². The van der Waals surface area contributed by atoms with Gasteiger partial charge in [-0.05, 0) is 23.3 Å². The maximum absolute atomic E-state index is 6.14. The SMILES string of the molecule is CNC(=S)NCCOP1S[C@H](c2ccccc2)[C@@H](c2ccccc2)S1. The zero-order valence-electron chi connectivity index (χ0n) is 13.9. The number of hydrogen-bond acceptors (Lipinski definition) is 4. The topological polar surface area (TPSA) is 33.3 Å². The third-order valence-electron chi connectivity index (χ3n) is 3.74. The largest absolute Gasteiger partial charge is 0.366 e. The van der Waals surface area contributed by atoms with E-state index >= 15 is 0 Å². The first-order chi connectivity index (χ1) is 12.3. The Morgan fingerprint density at radius 2 is 1.52 bits per heavy atom. The fraction of sp³-hybridized carbons (Fsp3) is 0.278. The van der Waals surface area contributed by atoms with E-state index in [1.165, 1.54) is 11.1 Å². The van der Waals surface area contributed by atoms with E-state index in [4.69, 9.17) is 16.7 Å². The van der Waals surface area contributed by atoms with Crippen LogP contribution in [0, 0.1) is 0 Å². The van der Waals surface area contributed by atoms with Crippen LogP contribution in [0.1, 0.15) is 21.6 Å². The lowest BCUT2D eigenvalue weighted by molar-refractivity contribution is 0.372. The van der Waals surface area contributed by atoms with Gasteiger partial charge in [-0.1, -0.05) is 83.4 Å². The lowest BCUT2D eigenvalue weighted by Crippen LogP contribution is -2.34. The predicted octanol–water partition coefficient (Wildman–Crippen LogP) is 5.29. The molecule has 7 heteroatoms. The summed E-state index contributed by atoms with van der Waals surface area (Å²) in [5, 5.41) is 7.54. The van der Waals surface area contributed by atoms with Gasteiger partial charge in [0.1, 0.15) is 0 Å². The summed E-state index contributed by atoms with van der Waals surface area (Å²) in [6, 6.07) is 21.5. The highest BCUT2D eigenvalue weighted by Crippen LogP contribution is 2.80. The van der Waals surface area contributed by atoms with Crippen molar-refractivity contribution in [1.82, 2.24) is 10.6 Å². The van der Waals surface area contributed by atoms with E-state index in [2.05, 4.69) is 71.3 Å². The molecule has 132 valence electrons. The second kappa shape index (κ2) is 9.79.